The number of thiazole rings is 1. The van der Waals surface area contributed by atoms with Gasteiger partial charge in [-0.3, -0.25) is 14.5 Å². The van der Waals surface area contributed by atoms with Gasteiger partial charge in [-0.25, -0.2) is 9.78 Å². The lowest BCUT2D eigenvalue weighted by Crippen LogP contribution is -2.29. The Bertz CT molecular complexity index is 1790. The standard InChI is InChI=1S/C34H32N2O8S/c1-6-43-25-15-12-23(17-26(25)41-4)28-27(30(38)32(39)36(28)34-35-20(3)31(45-34)33(40)42-5)29(37)22-10-13-24(14-11-22)44-18-21-9-7-8-19(2)16-21/h7-17,28,37H,6,18H2,1-5H3. The maximum Gasteiger partial charge on any atom is 0.350 e. The van der Waals surface area contributed by atoms with E-state index in [0.29, 0.717) is 47.3 Å². The number of aromatic nitrogens is 1. The number of esters is 1. The number of aliphatic hydroxyl groups excluding tert-OH is 1. The summed E-state index contributed by atoms with van der Waals surface area (Å²) in [6.07, 6.45) is 0. The maximum atomic E-state index is 13.6. The number of ether oxygens (including phenoxy) is 4. The number of ketones is 1. The van der Waals surface area contributed by atoms with Crippen LogP contribution >= 0.6 is 11.3 Å². The van der Waals surface area contributed by atoms with Gasteiger partial charge < -0.3 is 24.1 Å². The number of anilines is 1. The molecule has 11 heteroatoms. The minimum atomic E-state index is -1.09. The van der Waals surface area contributed by atoms with Crippen molar-refractivity contribution in [3.05, 3.63) is 105 Å². The molecule has 3 aromatic carbocycles. The molecule has 0 saturated carbocycles. The minimum Gasteiger partial charge on any atom is -0.507 e. The number of hydrogen-bond acceptors (Lipinski definition) is 10. The average Bonchev–Trinajstić information content (AvgIpc) is 3.55. The fourth-order valence-corrected chi connectivity index (χ4v) is 6.09. The molecular weight excluding hydrogens is 596 g/mol. The molecule has 1 aromatic heterocycles. The number of rotatable bonds is 10. The van der Waals surface area contributed by atoms with Gasteiger partial charge in [-0.2, -0.15) is 0 Å². The molecular formula is C34H32N2O8S. The summed E-state index contributed by atoms with van der Waals surface area (Å²) >= 11 is 0.921. The summed E-state index contributed by atoms with van der Waals surface area (Å²) in [5.41, 5.74) is 3.11. The largest absolute Gasteiger partial charge is 0.507 e. The first-order chi connectivity index (χ1) is 21.7. The first-order valence-electron chi connectivity index (χ1n) is 14.1. The Balaban J connectivity index is 1.57. The molecule has 1 aliphatic rings. The molecule has 0 aliphatic carbocycles. The van der Waals surface area contributed by atoms with Crippen molar-refractivity contribution in [2.24, 2.45) is 0 Å². The molecule has 10 nitrogen and oxygen atoms in total. The summed E-state index contributed by atoms with van der Waals surface area (Å²) in [5.74, 6) is -1.39. The fourth-order valence-electron chi connectivity index (χ4n) is 5.07. The second-order valence-electron chi connectivity index (χ2n) is 10.2. The lowest BCUT2D eigenvalue weighted by molar-refractivity contribution is -0.132. The molecule has 232 valence electrons. The monoisotopic (exact) mass is 628 g/mol. The summed E-state index contributed by atoms with van der Waals surface area (Å²) < 4.78 is 22.0. The fraction of sp³-hybridized carbons (Fsp3) is 0.235. The van der Waals surface area contributed by atoms with Crippen LogP contribution < -0.4 is 19.1 Å². The van der Waals surface area contributed by atoms with E-state index in [4.69, 9.17) is 18.9 Å². The molecule has 1 atom stereocenters. The summed E-state index contributed by atoms with van der Waals surface area (Å²) in [4.78, 5) is 45.4. The zero-order chi connectivity index (χ0) is 32.2. The van der Waals surface area contributed by atoms with Crippen molar-refractivity contribution in [3.63, 3.8) is 0 Å². The van der Waals surface area contributed by atoms with Crippen molar-refractivity contribution in [2.45, 2.75) is 33.4 Å². The van der Waals surface area contributed by atoms with Gasteiger partial charge in [-0.1, -0.05) is 47.2 Å². The highest BCUT2D eigenvalue weighted by Crippen LogP contribution is 2.45. The van der Waals surface area contributed by atoms with Crippen LogP contribution in [-0.2, 0) is 20.9 Å². The smallest absolute Gasteiger partial charge is 0.350 e. The van der Waals surface area contributed by atoms with Crippen LogP contribution in [0.25, 0.3) is 5.76 Å². The van der Waals surface area contributed by atoms with Crippen molar-refractivity contribution >= 4 is 39.9 Å². The number of nitrogens with zero attached hydrogens (tertiary/aromatic N) is 2. The van der Waals surface area contributed by atoms with E-state index in [9.17, 15) is 19.5 Å². The molecule has 0 radical (unpaired) electrons. The number of aryl methyl sites for hydroxylation is 2. The number of aliphatic hydroxyl groups is 1. The van der Waals surface area contributed by atoms with Crippen molar-refractivity contribution in [1.82, 2.24) is 4.98 Å². The number of carbonyl (C=O) groups excluding carboxylic acids is 3. The Morgan fingerprint density at radius 1 is 0.978 bits per heavy atom. The van der Waals surface area contributed by atoms with Gasteiger partial charge in [0.15, 0.2) is 16.6 Å². The molecule has 1 fully saturated rings. The van der Waals surface area contributed by atoms with Gasteiger partial charge in [0.1, 0.15) is 23.0 Å². The van der Waals surface area contributed by atoms with E-state index in [1.54, 1.807) is 49.4 Å². The van der Waals surface area contributed by atoms with E-state index in [0.717, 1.165) is 22.5 Å². The van der Waals surface area contributed by atoms with Crippen LogP contribution in [0.3, 0.4) is 0 Å². The van der Waals surface area contributed by atoms with Crippen molar-refractivity contribution < 1.29 is 38.4 Å². The van der Waals surface area contributed by atoms with Gasteiger partial charge in [-0.15, -0.1) is 0 Å². The van der Waals surface area contributed by atoms with Crippen molar-refractivity contribution in [1.29, 1.82) is 0 Å². The predicted octanol–water partition coefficient (Wildman–Crippen LogP) is 6.16. The Morgan fingerprint density at radius 3 is 2.40 bits per heavy atom. The van der Waals surface area contributed by atoms with Gasteiger partial charge in [0.2, 0.25) is 0 Å². The lowest BCUT2D eigenvalue weighted by atomic mass is 9.95. The first-order valence-corrected chi connectivity index (χ1v) is 14.9. The molecule has 5 rings (SSSR count). The highest BCUT2D eigenvalue weighted by atomic mass is 32.1. The molecule has 1 aliphatic heterocycles. The maximum absolute atomic E-state index is 13.6. The zero-order valence-corrected chi connectivity index (χ0v) is 26.3. The average molecular weight is 629 g/mol. The quantitative estimate of drug-likeness (QED) is 0.0952. The van der Waals surface area contributed by atoms with E-state index >= 15 is 0 Å². The van der Waals surface area contributed by atoms with Crippen LogP contribution in [0, 0.1) is 13.8 Å². The van der Waals surface area contributed by atoms with Gasteiger partial charge in [0.25, 0.3) is 5.78 Å². The topological polar surface area (TPSA) is 124 Å². The SMILES string of the molecule is CCOc1ccc(C2C(=C(O)c3ccc(OCc4cccc(C)c4)cc3)C(=O)C(=O)N2c2nc(C)c(C(=O)OC)s2)cc1OC. The molecule has 1 N–H and O–H groups in total. The summed E-state index contributed by atoms with van der Waals surface area (Å²) in [6, 6.07) is 18.5. The highest BCUT2D eigenvalue weighted by Gasteiger charge is 2.48. The number of amides is 1. The lowest BCUT2D eigenvalue weighted by Gasteiger charge is -2.24. The van der Waals surface area contributed by atoms with E-state index in [-0.39, 0.29) is 21.3 Å². The van der Waals surface area contributed by atoms with Crippen LogP contribution in [-0.4, -0.2) is 48.6 Å². The molecule has 4 aromatic rings. The third kappa shape index (κ3) is 6.25. The molecule has 0 bridgehead atoms. The molecule has 0 spiro atoms. The van der Waals surface area contributed by atoms with Crippen LogP contribution in [0.15, 0.2) is 72.3 Å². The molecule has 45 heavy (non-hydrogen) atoms. The van der Waals surface area contributed by atoms with E-state index in [1.807, 2.05) is 38.1 Å². The van der Waals surface area contributed by atoms with Crippen LogP contribution in [0.1, 0.15) is 50.6 Å². The second kappa shape index (κ2) is 13.2. The summed E-state index contributed by atoms with van der Waals surface area (Å²) in [7, 11) is 2.73. The van der Waals surface area contributed by atoms with Crippen LogP contribution in [0.2, 0.25) is 0 Å². The highest BCUT2D eigenvalue weighted by molar-refractivity contribution is 7.17. The number of hydrogen-bond donors (Lipinski definition) is 1. The third-order valence-electron chi connectivity index (χ3n) is 7.23. The number of benzene rings is 3. The number of carbonyl (C=O) groups is 3. The Labute approximate surface area is 264 Å². The van der Waals surface area contributed by atoms with Gasteiger partial charge in [0.05, 0.1) is 38.1 Å². The van der Waals surface area contributed by atoms with Gasteiger partial charge >= 0.3 is 11.9 Å². The van der Waals surface area contributed by atoms with E-state index in [2.05, 4.69) is 4.98 Å². The Kier molecular flexibility index (Phi) is 9.19. The molecule has 1 unspecified atom stereocenters. The number of methoxy groups -OCH3 is 2. The van der Waals surface area contributed by atoms with E-state index in [1.165, 1.54) is 19.1 Å². The molecule has 1 saturated heterocycles. The summed E-state index contributed by atoms with van der Waals surface area (Å²) in [5, 5.41) is 11.7. The normalized spacial score (nSPS) is 15.7. The number of Topliss-reactive ketones (excluding diaryl/α,β-unsaturated/α-hetero) is 1. The van der Waals surface area contributed by atoms with Gasteiger partial charge in [0, 0.05) is 5.56 Å². The van der Waals surface area contributed by atoms with Gasteiger partial charge in [-0.05, 0) is 68.3 Å². The van der Waals surface area contributed by atoms with Crippen LogP contribution in [0.4, 0.5) is 5.13 Å². The minimum absolute atomic E-state index is 0.104. The molecule has 1 amide bonds. The second-order valence-corrected chi connectivity index (χ2v) is 11.2. The zero-order valence-electron chi connectivity index (χ0n) is 25.5. The van der Waals surface area contributed by atoms with E-state index < -0.39 is 23.7 Å². The van der Waals surface area contributed by atoms with Crippen LogP contribution in [0.5, 0.6) is 17.2 Å². The van der Waals surface area contributed by atoms with Crippen molar-refractivity contribution in [2.75, 3.05) is 25.7 Å². The Morgan fingerprint density at radius 2 is 1.73 bits per heavy atom. The first kappa shape index (κ1) is 31.3. The molecule has 2 heterocycles. The Hall–Kier alpha value is -5.16. The predicted molar refractivity (Wildman–Crippen MR) is 169 cm³/mol. The third-order valence-corrected chi connectivity index (χ3v) is 8.36. The van der Waals surface area contributed by atoms with Crippen molar-refractivity contribution in [3.8, 4) is 17.2 Å². The summed E-state index contributed by atoms with van der Waals surface area (Å²) in [6.45, 7) is 6.21.